The van der Waals surface area contributed by atoms with Crippen LogP contribution >= 0.6 is 11.6 Å². The summed E-state index contributed by atoms with van der Waals surface area (Å²) in [4.78, 5) is 20.9. The molecule has 0 atom stereocenters. The largest absolute Gasteiger partial charge is 0.343 e. The van der Waals surface area contributed by atoms with Gasteiger partial charge in [-0.25, -0.2) is 14.6 Å². The number of carbonyl (C=O) groups excluding carboxylic acids is 1. The molecule has 2 rings (SSSR count). The van der Waals surface area contributed by atoms with E-state index in [1.165, 1.54) is 15.9 Å². The molecule has 2 aromatic rings. The molecular formula is C10H10ClN5O. The van der Waals surface area contributed by atoms with Crippen molar-refractivity contribution in [1.82, 2.24) is 24.6 Å². The molecule has 0 radical (unpaired) electrons. The molecular weight excluding hydrogens is 242 g/mol. The Kier molecular flexibility index (Phi) is 3.06. The zero-order valence-electron chi connectivity index (χ0n) is 9.33. The summed E-state index contributed by atoms with van der Waals surface area (Å²) in [6.45, 7) is 0. The third kappa shape index (κ3) is 2.42. The molecule has 0 aliphatic carbocycles. The van der Waals surface area contributed by atoms with Crippen molar-refractivity contribution in [3.05, 3.63) is 35.5 Å². The second-order valence-electron chi connectivity index (χ2n) is 3.54. The molecule has 0 unspecified atom stereocenters. The lowest BCUT2D eigenvalue weighted by atomic mass is 10.4. The van der Waals surface area contributed by atoms with Crippen LogP contribution in [0, 0.1) is 0 Å². The highest BCUT2D eigenvalue weighted by Crippen LogP contribution is 2.09. The van der Waals surface area contributed by atoms with Gasteiger partial charge in [0, 0.05) is 26.4 Å². The Morgan fingerprint density at radius 1 is 1.41 bits per heavy atom. The summed E-state index contributed by atoms with van der Waals surface area (Å²) < 4.78 is 1.48. The molecule has 2 heterocycles. The second kappa shape index (κ2) is 4.50. The minimum Gasteiger partial charge on any atom is -0.343 e. The van der Waals surface area contributed by atoms with Crippen LogP contribution in [-0.2, 0) is 0 Å². The number of aromatic nitrogens is 4. The van der Waals surface area contributed by atoms with E-state index < -0.39 is 0 Å². The third-order valence-electron chi connectivity index (χ3n) is 2.07. The molecule has 6 nitrogen and oxygen atoms in total. The number of rotatable bonds is 2. The van der Waals surface area contributed by atoms with Gasteiger partial charge in [0.05, 0.1) is 0 Å². The van der Waals surface area contributed by atoms with Crippen LogP contribution in [-0.4, -0.2) is 44.7 Å². The monoisotopic (exact) mass is 251 g/mol. The van der Waals surface area contributed by atoms with Gasteiger partial charge in [0.25, 0.3) is 5.91 Å². The molecule has 0 aliphatic heterocycles. The average Bonchev–Trinajstić information content (AvgIpc) is 2.77. The van der Waals surface area contributed by atoms with Gasteiger partial charge in [0.2, 0.25) is 0 Å². The van der Waals surface area contributed by atoms with Crippen LogP contribution in [0.5, 0.6) is 0 Å². The molecule has 0 aliphatic rings. The van der Waals surface area contributed by atoms with Crippen LogP contribution in [0.15, 0.2) is 24.7 Å². The van der Waals surface area contributed by atoms with Crippen molar-refractivity contribution in [2.45, 2.75) is 0 Å². The lowest BCUT2D eigenvalue weighted by Crippen LogP contribution is -2.22. The van der Waals surface area contributed by atoms with Crippen molar-refractivity contribution in [2.24, 2.45) is 0 Å². The predicted molar refractivity (Wildman–Crippen MR) is 62.2 cm³/mol. The van der Waals surface area contributed by atoms with E-state index in [0.29, 0.717) is 16.7 Å². The predicted octanol–water partition coefficient (Wildman–Crippen LogP) is 1.02. The molecule has 7 heteroatoms. The average molecular weight is 252 g/mol. The fraction of sp³-hybridized carbons (Fsp3) is 0.200. The van der Waals surface area contributed by atoms with E-state index in [4.69, 9.17) is 11.6 Å². The van der Waals surface area contributed by atoms with E-state index in [-0.39, 0.29) is 5.91 Å². The summed E-state index contributed by atoms with van der Waals surface area (Å²) in [6.07, 6.45) is 2.99. The van der Waals surface area contributed by atoms with Crippen molar-refractivity contribution in [3.8, 4) is 5.82 Å². The van der Waals surface area contributed by atoms with Crippen molar-refractivity contribution in [3.63, 3.8) is 0 Å². The normalized spacial score (nSPS) is 10.3. The lowest BCUT2D eigenvalue weighted by molar-refractivity contribution is 0.0821. The van der Waals surface area contributed by atoms with E-state index in [9.17, 15) is 4.79 Å². The summed E-state index contributed by atoms with van der Waals surface area (Å²) in [7, 11) is 3.34. The molecule has 88 valence electrons. The molecule has 0 N–H and O–H groups in total. The van der Waals surface area contributed by atoms with E-state index in [1.54, 1.807) is 32.4 Å². The number of hydrogen-bond acceptors (Lipinski definition) is 4. The van der Waals surface area contributed by atoms with E-state index in [1.807, 2.05) is 0 Å². The molecule has 0 fully saturated rings. The van der Waals surface area contributed by atoms with E-state index in [0.717, 1.165) is 0 Å². The Morgan fingerprint density at radius 3 is 2.82 bits per heavy atom. The summed E-state index contributed by atoms with van der Waals surface area (Å²) in [5.41, 5.74) is 0.352. The number of hydrogen-bond donors (Lipinski definition) is 0. The van der Waals surface area contributed by atoms with E-state index in [2.05, 4.69) is 15.1 Å². The van der Waals surface area contributed by atoms with Crippen LogP contribution in [0.1, 0.15) is 10.5 Å². The fourth-order valence-electron chi connectivity index (χ4n) is 1.24. The molecule has 0 saturated heterocycles. The summed E-state index contributed by atoms with van der Waals surface area (Å²) >= 11 is 5.75. The maximum absolute atomic E-state index is 11.6. The van der Waals surface area contributed by atoms with Crippen LogP contribution in [0.4, 0.5) is 0 Å². The van der Waals surface area contributed by atoms with Gasteiger partial charge >= 0.3 is 0 Å². The highest BCUT2D eigenvalue weighted by atomic mass is 35.5. The zero-order valence-corrected chi connectivity index (χ0v) is 10.1. The smallest absolute Gasteiger partial charge is 0.273 e. The first-order valence-corrected chi connectivity index (χ1v) is 5.21. The van der Waals surface area contributed by atoms with Crippen LogP contribution < -0.4 is 0 Å². The first-order valence-electron chi connectivity index (χ1n) is 4.83. The van der Waals surface area contributed by atoms with E-state index >= 15 is 0 Å². The summed E-state index contributed by atoms with van der Waals surface area (Å²) in [5, 5.41) is 4.44. The number of halogens is 1. The quantitative estimate of drug-likeness (QED) is 0.748. The molecule has 17 heavy (non-hydrogen) atoms. The highest BCUT2D eigenvalue weighted by Gasteiger charge is 2.12. The Morgan fingerprint density at radius 2 is 2.18 bits per heavy atom. The van der Waals surface area contributed by atoms with Gasteiger partial charge < -0.3 is 4.90 Å². The first-order chi connectivity index (χ1) is 8.08. The van der Waals surface area contributed by atoms with Crippen LogP contribution in [0.3, 0.4) is 0 Å². The number of nitrogens with zero attached hydrogens (tertiary/aromatic N) is 5. The minimum atomic E-state index is -0.163. The fourth-order valence-corrected chi connectivity index (χ4v) is 1.39. The molecule has 0 saturated carbocycles. The Labute approximate surface area is 103 Å². The van der Waals surface area contributed by atoms with Gasteiger partial charge in [0.1, 0.15) is 11.5 Å². The van der Waals surface area contributed by atoms with Crippen LogP contribution in [0.25, 0.3) is 5.82 Å². The number of carbonyl (C=O) groups is 1. The molecule has 2 aromatic heterocycles. The molecule has 0 spiro atoms. The Bertz CT molecular complexity index is 551. The lowest BCUT2D eigenvalue weighted by Gasteiger charge is -2.06. The maximum atomic E-state index is 11.6. The first kappa shape index (κ1) is 11.5. The van der Waals surface area contributed by atoms with Crippen molar-refractivity contribution < 1.29 is 4.79 Å². The summed E-state index contributed by atoms with van der Waals surface area (Å²) in [6, 6.07) is 3.19. The van der Waals surface area contributed by atoms with Gasteiger partial charge in [-0.15, -0.1) is 0 Å². The standard InChI is InChI=1S/C10H10ClN5O/c1-15(2)10(17)7-3-4-16(14-7)9-5-8(11)12-6-13-9/h3-6H,1-2H3. The van der Waals surface area contributed by atoms with Gasteiger partial charge in [-0.2, -0.15) is 5.10 Å². The van der Waals surface area contributed by atoms with Crippen molar-refractivity contribution >= 4 is 17.5 Å². The van der Waals surface area contributed by atoms with Gasteiger partial charge in [-0.3, -0.25) is 4.79 Å². The molecule has 0 bridgehead atoms. The minimum absolute atomic E-state index is 0.163. The molecule has 1 amide bonds. The Hall–Kier alpha value is -1.95. The topological polar surface area (TPSA) is 63.9 Å². The summed E-state index contributed by atoms with van der Waals surface area (Å²) in [5.74, 6) is 0.353. The zero-order chi connectivity index (χ0) is 12.4. The van der Waals surface area contributed by atoms with Crippen molar-refractivity contribution in [2.75, 3.05) is 14.1 Å². The van der Waals surface area contributed by atoms with Gasteiger partial charge in [-0.05, 0) is 6.07 Å². The van der Waals surface area contributed by atoms with Crippen molar-refractivity contribution in [1.29, 1.82) is 0 Å². The molecule has 0 aromatic carbocycles. The highest BCUT2D eigenvalue weighted by molar-refractivity contribution is 6.29. The van der Waals surface area contributed by atoms with Crippen LogP contribution in [0.2, 0.25) is 5.15 Å². The Balaban J connectivity index is 2.33. The number of amides is 1. The van der Waals surface area contributed by atoms with Gasteiger partial charge in [0.15, 0.2) is 11.5 Å². The third-order valence-corrected chi connectivity index (χ3v) is 2.28. The second-order valence-corrected chi connectivity index (χ2v) is 3.93. The van der Waals surface area contributed by atoms with Gasteiger partial charge in [-0.1, -0.05) is 11.6 Å². The SMILES string of the molecule is CN(C)C(=O)c1ccn(-c2cc(Cl)ncn2)n1. The maximum Gasteiger partial charge on any atom is 0.273 e.